The van der Waals surface area contributed by atoms with Crippen LogP contribution < -0.4 is 0 Å². The number of nitrogens with zero attached hydrogens (tertiary/aromatic N) is 1. The van der Waals surface area contributed by atoms with Crippen molar-refractivity contribution in [1.29, 1.82) is 0 Å². The SMILES string of the molecule is O=C1OC(C=Cc2ccccc2)=NC1=Cc1ccc(F)cc1. The molecule has 0 radical (unpaired) electrons. The summed E-state index contributed by atoms with van der Waals surface area (Å²) in [6, 6.07) is 15.4. The van der Waals surface area contributed by atoms with Crippen LogP contribution in [0, 0.1) is 5.82 Å². The van der Waals surface area contributed by atoms with Gasteiger partial charge in [-0.05, 0) is 35.4 Å². The maximum absolute atomic E-state index is 12.9. The van der Waals surface area contributed by atoms with Crippen molar-refractivity contribution in [1.82, 2.24) is 0 Å². The van der Waals surface area contributed by atoms with Crippen LogP contribution in [0.1, 0.15) is 11.1 Å². The van der Waals surface area contributed by atoms with Crippen LogP contribution in [0.5, 0.6) is 0 Å². The van der Waals surface area contributed by atoms with Gasteiger partial charge in [0.05, 0.1) is 0 Å². The predicted molar refractivity (Wildman–Crippen MR) is 83.4 cm³/mol. The van der Waals surface area contributed by atoms with E-state index in [1.165, 1.54) is 12.1 Å². The number of carbonyl (C=O) groups excluding carboxylic acids is 1. The standard InChI is InChI=1S/C18H12FNO2/c19-15-9-6-14(7-10-15)12-16-18(21)22-17(20-16)11-8-13-4-2-1-3-5-13/h1-12H. The first-order valence-electron chi connectivity index (χ1n) is 6.72. The quantitative estimate of drug-likeness (QED) is 0.637. The highest BCUT2D eigenvalue weighted by Crippen LogP contribution is 2.17. The minimum Gasteiger partial charge on any atom is -0.403 e. The fourth-order valence-electron chi connectivity index (χ4n) is 1.95. The Balaban J connectivity index is 1.79. The Bertz CT molecular complexity index is 774. The van der Waals surface area contributed by atoms with E-state index in [2.05, 4.69) is 4.99 Å². The first kappa shape index (κ1) is 13.9. The van der Waals surface area contributed by atoms with E-state index >= 15 is 0 Å². The summed E-state index contributed by atoms with van der Waals surface area (Å²) >= 11 is 0. The monoisotopic (exact) mass is 293 g/mol. The van der Waals surface area contributed by atoms with Crippen molar-refractivity contribution in [3.05, 3.63) is 83.3 Å². The van der Waals surface area contributed by atoms with Crippen molar-refractivity contribution < 1.29 is 13.9 Å². The zero-order chi connectivity index (χ0) is 15.4. The molecule has 3 nitrogen and oxygen atoms in total. The zero-order valence-corrected chi connectivity index (χ0v) is 11.6. The van der Waals surface area contributed by atoms with E-state index in [0.29, 0.717) is 5.56 Å². The van der Waals surface area contributed by atoms with Crippen molar-refractivity contribution >= 4 is 24.0 Å². The topological polar surface area (TPSA) is 38.7 Å². The Kier molecular flexibility index (Phi) is 3.92. The van der Waals surface area contributed by atoms with Crippen molar-refractivity contribution in [2.75, 3.05) is 0 Å². The number of ether oxygens (including phenoxy) is 1. The molecule has 0 aliphatic carbocycles. The van der Waals surface area contributed by atoms with Crippen LogP contribution in [-0.4, -0.2) is 11.9 Å². The van der Waals surface area contributed by atoms with Crippen molar-refractivity contribution in [3.63, 3.8) is 0 Å². The fourth-order valence-corrected chi connectivity index (χ4v) is 1.95. The number of hydrogen-bond acceptors (Lipinski definition) is 3. The Morgan fingerprint density at radius 1 is 0.909 bits per heavy atom. The second-order valence-electron chi connectivity index (χ2n) is 4.66. The number of rotatable bonds is 3. The molecule has 3 rings (SSSR count). The maximum Gasteiger partial charge on any atom is 0.363 e. The van der Waals surface area contributed by atoms with Crippen LogP contribution >= 0.6 is 0 Å². The zero-order valence-electron chi connectivity index (χ0n) is 11.6. The van der Waals surface area contributed by atoms with Crippen LogP contribution in [0.3, 0.4) is 0 Å². The summed E-state index contributed by atoms with van der Waals surface area (Å²) in [5, 5.41) is 0. The molecule has 2 aromatic rings. The van der Waals surface area contributed by atoms with Gasteiger partial charge in [-0.2, -0.15) is 0 Å². The molecule has 0 saturated carbocycles. The summed E-state index contributed by atoms with van der Waals surface area (Å²) in [7, 11) is 0. The van der Waals surface area contributed by atoms with Crippen molar-refractivity contribution in [3.8, 4) is 0 Å². The predicted octanol–water partition coefficient (Wildman–Crippen LogP) is 3.84. The molecule has 0 N–H and O–H groups in total. The van der Waals surface area contributed by atoms with E-state index in [9.17, 15) is 9.18 Å². The molecule has 0 aromatic heterocycles. The van der Waals surface area contributed by atoms with Gasteiger partial charge in [-0.25, -0.2) is 14.2 Å². The second kappa shape index (κ2) is 6.18. The Labute approximate surface area is 127 Å². The highest BCUT2D eigenvalue weighted by atomic mass is 19.1. The number of esters is 1. The minimum absolute atomic E-state index is 0.194. The molecule has 0 saturated heterocycles. The van der Waals surface area contributed by atoms with Gasteiger partial charge in [0.25, 0.3) is 0 Å². The van der Waals surface area contributed by atoms with Crippen LogP contribution in [0.15, 0.2) is 71.4 Å². The lowest BCUT2D eigenvalue weighted by Crippen LogP contribution is -2.01. The Morgan fingerprint density at radius 2 is 1.64 bits per heavy atom. The van der Waals surface area contributed by atoms with Crippen LogP contribution in [-0.2, 0) is 9.53 Å². The average molecular weight is 293 g/mol. The summed E-state index contributed by atoms with van der Waals surface area (Å²) in [4.78, 5) is 15.9. The van der Waals surface area contributed by atoms with E-state index in [1.807, 2.05) is 36.4 Å². The molecule has 0 atom stereocenters. The molecule has 1 aliphatic heterocycles. The highest BCUT2D eigenvalue weighted by Gasteiger charge is 2.20. The normalized spacial score (nSPS) is 16.1. The molecular formula is C18H12FNO2. The number of benzene rings is 2. The first-order valence-corrected chi connectivity index (χ1v) is 6.72. The Hall–Kier alpha value is -3.01. The molecule has 1 aliphatic rings. The van der Waals surface area contributed by atoms with Gasteiger partial charge in [-0.3, -0.25) is 0 Å². The van der Waals surface area contributed by atoms with Crippen molar-refractivity contribution in [2.24, 2.45) is 4.99 Å². The summed E-state index contributed by atoms with van der Waals surface area (Å²) in [6.07, 6.45) is 5.01. The molecule has 22 heavy (non-hydrogen) atoms. The number of cyclic esters (lactones) is 1. The molecular weight excluding hydrogens is 281 g/mol. The van der Waals surface area contributed by atoms with Gasteiger partial charge < -0.3 is 4.74 Å². The van der Waals surface area contributed by atoms with Crippen LogP contribution in [0.4, 0.5) is 4.39 Å². The van der Waals surface area contributed by atoms with E-state index in [0.717, 1.165) is 5.56 Å². The fraction of sp³-hybridized carbons (Fsp3) is 0. The Morgan fingerprint density at radius 3 is 2.36 bits per heavy atom. The molecule has 1 heterocycles. The van der Waals surface area contributed by atoms with Gasteiger partial charge in [0.1, 0.15) is 5.82 Å². The summed E-state index contributed by atoms with van der Waals surface area (Å²) in [6.45, 7) is 0. The van der Waals surface area contributed by atoms with Gasteiger partial charge in [-0.15, -0.1) is 0 Å². The lowest BCUT2D eigenvalue weighted by atomic mass is 10.2. The average Bonchev–Trinajstić information content (AvgIpc) is 2.89. The number of halogens is 1. The third-order valence-corrected chi connectivity index (χ3v) is 3.03. The third-order valence-electron chi connectivity index (χ3n) is 3.03. The van der Waals surface area contributed by atoms with Gasteiger partial charge in [0.15, 0.2) is 5.70 Å². The lowest BCUT2D eigenvalue weighted by Gasteiger charge is -1.93. The molecule has 2 aromatic carbocycles. The molecule has 0 amide bonds. The van der Waals surface area contributed by atoms with Gasteiger partial charge in [0.2, 0.25) is 5.90 Å². The highest BCUT2D eigenvalue weighted by molar-refractivity contribution is 6.11. The van der Waals surface area contributed by atoms with Gasteiger partial charge in [-0.1, -0.05) is 42.5 Å². The van der Waals surface area contributed by atoms with Crippen LogP contribution in [0.25, 0.3) is 12.2 Å². The molecule has 0 unspecified atom stereocenters. The van der Waals surface area contributed by atoms with E-state index in [1.54, 1.807) is 24.3 Å². The summed E-state index contributed by atoms with van der Waals surface area (Å²) in [5.74, 6) is -0.606. The minimum atomic E-state index is -0.517. The number of aliphatic imine (C=N–C) groups is 1. The number of hydrogen-bond donors (Lipinski definition) is 0. The van der Waals surface area contributed by atoms with E-state index in [4.69, 9.17) is 4.74 Å². The van der Waals surface area contributed by atoms with E-state index < -0.39 is 5.97 Å². The lowest BCUT2D eigenvalue weighted by molar-refractivity contribution is -0.129. The van der Waals surface area contributed by atoms with Gasteiger partial charge >= 0.3 is 5.97 Å². The van der Waals surface area contributed by atoms with E-state index in [-0.39, 0.29) is 17.4 Å². The van der Waals surface area contributed by atoms with Gasteiger partial charge in [0, 0.05) is 6.08 Å². The molecule has 0 spiro atoms. The summed E-state index contributed by atoms with van der Waals surface area (Å²) in [5.41, 5.74) is 1.86. The molecule has 108 valence electrons. The largest absolute Gasteiger partial charge is 0.403 e. The summed E-state index contributed by atoms with van der Waals surface area (Å²) < 4.78 is 17.9. The van der Waals surface area contributed by atoms with Crippen LogP contribution in [0.2, 0.25) is 0 Å². The maximum atomic E-state index is 12.9. The van der Waals surface area contributed by atoms with Crippen molar-refractivity contribution in [2.45, 2.75) is 0 Å². The second-order valence-corrected chi connectivity index (χ2v) is 4.66. The molecule has 0 fully saturated rings. The first-order chi connectivity index (χ1) is 10.7. The number of carbonyl (C=O) groups is 1. The smallest absolute Gasteiger partial charge is 0.363 e. The molecule has 0 bridgehead atoms. The third kappa shape index (κ3) is 3.35. The molecule has 4 heteroatoms.